The first kappa shape index (κ1) is 13.6. The van der Waals surface area contributed by atoms with Crippen molar-refractivity contribution >= 4 is 0 Å². The molecule has 1 aromatic carbocycles. The predicted molar refractivity (Wildman–Crippen MR) is 77.9 cm³/mol. The summed E-state index contributed by atoms with van der Waals surface area (Å²) in [6, 6.07) is 10.2. The van der Waals surface area contributed by atoms with Crippen molar-refractivity contribution in [1.29, 1.82) is 0 Å². The number of nitrogens with one attached hydrogen (secondary N) is 2. The molecule has 2 heteroatoms. The van der Waals surface area contributed by atoms with Gasteiger partial charge in [-0.05, 0) is 51.3 Å². The first-order valence-corrected chi connectivity index (χ1v) is 7.33. The smallest absolute Gasteiger partial charge is 0.0320 e. The molecule has 1 aliphatic rings. The number of aryl methyl sites for hydroxylation is 1. The fourth-order valence-corrected chi connectivity index (χ4v) is 2.72. The molecule has 1 aliphatic heterocycles. The van der Waals surface area contributed by atoms with Crippen molar-refractivity contribution in [1.82, 2.24) is 10.6 Å². The van der Waals surface area contributed by atoms with Gasteiger partial charge in [0.1, 0.15) is 0 Å². The largest absolute Gasteiger partial charge is 0.317 e. The molecule has 2 nitrogen and oxygen atoms in total. The normalized spacial score (nSPS) is 22.4. The predicted octanol–water partition coefficient (Wildman–Crippen LogP) is 3.18. The van der Waals surface area contributed by atoms with Gasteiger partial charge in [-0.3, -0.25) is 0 Å². The summed E-state index contributed by atoms with van der Waals surface area (Å²) in [5.74, 6) is 0. The molecule has 2 unspecified atom stereocenters. The maximum Gasteiger partial charge on any atom is 0.0320 e. The average Bonchev–Trinajstić information content (AvgIpc) is 2.66. The van der Waals surface area contributed by atoms with Crippen LogP contribution in [0.2, 0.25) is 0 Å². The van der Waals surface area contributed by atoms with Crippen LogP contribution in [-0.2, 0) is 0 Å². The monoisotopic (exact) mass is 246 g/mol. The van der Waals surface area contributed by atoms with Crippen LogP contribution in [0.4, 0.5) is 0 Å². The summed E-state index contributed by atoms with van der Waals surface area (Å²) < 4.78 is 0. The van der Waals surface area contributed by atoms with Gasteiger partial charge in [-0.1, -0.05) is 36.8 Å². The highest BCUT2D eigenvalue weighted by Gasteiger charge is 2.16. The molecule has 0 aromatic heterocycles. The summed E-state index contributed by atoms with van der Waals surface area (Å²) in [7, 11) is 0. The molecule has 100 valence electrons. The lowest BCUT2D eigenvalue weighted by atomic mass is 10.0. The zero-order valence-electron chi connectivity index (χ0n) is 11.7. The van der Waals surface area contributed by atoms with Crippen LogP contribution in [-0.4, -0.2) is 19.1 Å². The molecule has 0 radical (unpaired) electrons. The number of hydrogen-bond acceptors (Lipinski definition) is 2. The highest BCUT2D eigenvalue weighted by atomic mass is 15.0. The second-order valence-electron chi connectivity index (χ2n) is 5.42. The molecule has 2 atom stereocenters. The number of benzene rings is 1. The van der Waals surface area contributed by atoms with Gasteiger partial charge in [0, 0.05) is 12.1 Å². The molecule has 0 saturated carbocycles. The molecule has 0 bridgehead atoms. The molecule has 2 rings (SSSR count). The summed E-state index contributed by atoms with van der Waals surface area (Å²) >= 11 is 0. The Morgan fingerprint density at radius 3 is 2.72 bits per heavy atom. The van der Waals surface area contributed by atoms with E-state index in [1.165, 1.54) is 36.9 Å². The van der Waals surface area contributed by atoms with E-state index in [-0.39, 0.29) is 0 Å². The van der Waals surface area contributed by atoms with Crippen molar-refractivity contribution in [3.05, 3.63) is 35.4 Å². The van der Waals surface area contributed by atoms with Gasteiger partial charge < -0.3 is 10.6 Å². The lowest BCUT2D eigenvalue weighted by molar-refractivity contribution is 0.398. The minimum absolute atomic E-state index is 0.508. The lowest BCUT2D eigenvalue weighted by Gasteiger charge is -2.24. The van der Waals surface area contributed by atoms with E-state index in [1.54, 1.807) is 0 Å². The van der Waals surface area contributed by atoms with Gasteiger partial charge in [0.15, 0.2) is 0 Å². The second kappa shape index (κ2) is 6.91. The number of rotatable bonds is 4. The maximum absolute atomic E-state index is 3.84. The zero-order chi connectivity index (χ0) is 12.8. The standard InChI is InChI=1S/C16H26N2/c1-3-16(14-8-6-13(2)7-9-14)18-15-5-4-11-17-12-10-15/h6-9,15-18H,3-5,10-12H2,1-2H3. The van der Waals surface area contributed by atoms with Crippen LogP contribution in [0.25, 0.3) is 0 Å². The van der Waals surface area contributed by atoms with Gasteiger partial charge in [0.25, 0.3) is 0 Å². The van der Waals surface area contributed by atoms with Crippen LogP contribution in [0, 0.1) is 6.92 Å². The fraction of sp³-hybridized carbons (Fsp3) is 0.625. The second-order valence-corrected chi connectivity index (χ2v) is 5.42. The molecule has 1 aromatic rings. The third-order valence-corrected chi connectivity index (χ3v) is 3.90. The molecule has 2 N–H and O–H groups in total. The van der Waals surface area contributed by atoms with Crippen molar-refractivity contribution < 1.29 is 0 Å². The molecule has 18 heavy (non-hydrogen) atoms. The number of hydrogen-bond donors (Lipinski definition) is 2. The summed E-state index contributed by atoms with van der Waals surface area (Å²) in [5, 5.41) is 7.32. The molecule has 0 aliphatic carbocycles. The van der Waals surface area contributed by atoms with Gasteiger partial charge in [-0.15, -0.1) is 0 Å². The van der Waals surface area contributed by atoms with Gasteiger partial charge in [-0.2, -0.15) is 0 Å². The van der Waals surface area contributed by atoms with Crippen molar-refractivity contribution in [2.24, 2.45) is 0 Å². The third-order valence-electron chi connectivity index (χ3n) is 3.90. The van der Waals surface area contributed by atoms with E-state index < -0.39 is 0 Å². The Labute approximate surface area is 111 Å². The summed E-state index contributed by atoms with van der Waals surface area (Å²) in [6.45, 7) is 6.75. The Bertz CT molecular complexity index is 337. The summed E-state index contributed by atoms with van der Waals surface area (Å²) in [6.07, 6.45) is 5.01. The van der Waals surface area contributed by atoms with E-state index in [4.69, 9.17) is 0 Å². The Balaban J connectivity index is 1.97. The molecule has 0 amide bonds. The molecule has 1 saturated heterocycles. The van der Waals surface area contributed by atoms with Gasteiger partial charge in [0.05, 0.1) is 0 Å². The van der Waals surface area contributed by atoms with E-state index in [2.05, 4.69) is 48.7 Å². The molecular formula is C16H26N2. The Hall–Kier alpha value is -0.860. The van der Waals surface area contributed by atoms with E-state index in [0.29, 0.717) is 12.1 Å². The lowest BCUT2D eigenvalue weighted by Crippen LogP contribution is -2.33. The molecular weight excluding hydrogens is 220 g/mol. The Kier molecular flexibility index (Phi) is 5.21. The minimum Gasteiger partial charge on any atom is -0.317 e. The summed E-state index contributed by atoms with van der Waals surface area (Å²) in [5.41, 5.74) is 2.77. The van der Waals surface area contributed by atoms with Crippen molar-refractivity contribution in [2.45, 2.75) is 51.6 Å². The fourth-order valence-electron chi connectivity index (χ4n) is 2.72. The van der Waals surface area contributed by atoms with E-state index >= 15 is 0 Å². The van der Waals surface area contributed by atoms with Crippen LogP contribution < -0.4 is 10.6 Å². The quantitative estimate of drug-likeness (QED) is 0.852. The van der Waals surface area contributed by atoms with Gasteiger partial charge in [0.2, 0.25) is 0 Å². The SMILES string of the molecule is CCC(NC1CCCNCC1)c1ccc(C)cc1. The van der Waals surface area contributed by atoms with Crippen LogP contribution in [0.3, 0.4) is 0 Å². The van der Waals surface area contributed by atoms with Crippen LogP contribution in [0.5, 0.6) is 0 Å². The highest BCUT2D eigenvalue weighted by Crippen LogP contribution is 2.20. The zero-order valence-corrected chi connectivity index (χ0v) is 11.7. The van der Waals surface area contributed by atoms with E-state index in [9.17, 15) is 0 Å². The average molecular weight is 246 g/mol. The minimum atomic E-state index is 0.508. The van der Waals surface area contributed by atoms with E-state index in [1.807, 2.05) is 0 Å². The topological polar surface area (TPSA) is 24.1 Å². The maximum atomic E-state index is 3.84. The van der Waals surface area contributed by atoms with Gasteiger partial charge in [-0.25, -0.2) is 0 Å². The van der Waals surface area contributed by atoms with Crippen molar-refractivity contribution in [3.8, 4) is 0 Å². The van der Waals surface area contributed by atoms with Crippen LogP contribution in [0.15, 0.2) is 24.3 Å². The third kappa shape index (κ3) is 3.82. The molecule has 0 spiro atoms. The summed E-state index contributed by atoms with van der Waals surface area (Å²) in [4.78, 5) is 0. The first-order chi connectivity index (χ1) is 8.79. The van der Waals surface area contributed by atoms with Crippen LogP contribution >= 0.6 is 0 Å². The van der Waals surface area contributed by atoms with Crippen molar-refractivity contribution in [2.75, 3.05) is 13.1 Å². The Morgan fingerprint density at radius 2 is 2.00 bits per heavy atom. The van der Waals surface area contributed by atoms with Crippen molar-refractivity contribution in [3.63, 3.8) is 0 Å². The molecule has 1 fully saturated rings. The highest BCUT2D eigenvalue weighted by molar-refractivity contribution is 5.24. The van der Waals surface area contributed by atoms with Gasteiger partial charge >= 0.3 is 0 Å². The van der Waals surface area contributed by atoms with Crippen LogP contribution in [0.1, 0.15) is 49.8 Å². The Morgan fingerprint density at radius 1 is 1.22 bits per heavy atom. The first-order valence-electron chi connectivity index (χ1n) is 7.33. The molecule has 1 heterocycles. The van der Waals surface area contributed by atoms with E-state index in [0.717, 1.165) is 13.0 Å².